The number of alkyl halides is 3. The zero-order chi connectivity index (χ0) is 16.3. The van der Waals surface area contributed by atoms with Crippen LogP contribution in [0.5, 0.6) is 0 Å². The summed E-state index contributed by atoms with van der Waals surface area (Å²) in [6, 6.07) is 5.06. The van der Waals surface area contributed by atoms with E-state index in [4.69, 9.17) is 5.73 Å². The monoisotopic (exact) mass is 315 g/mol. The van der Waals surface area contributed by atoms with E-state index in [2.05, 4.69) is 4.90 Å². The summed E-state index contributed by atoms with van der Waals surface area (Å²) >= 11 is 0. The van der Waals surface area contributed by atoms with Crippen molar-refractivity contribution in [2.24, 2.45) is 5.73 Å². The van der Waals surface area contributed by atoms with Gasteiger partial charge in [-0.05, 0) is 18.7 Å². The lowest BCUT2D eigenvalue weighted by Crippen LogP contribution is -2.57. The summed E-state index contributed by atoms with van der Waals surface area (Å²) in [5.74, 6) is -0.305. The summed E-state index contributed by atoms with van der Waals surface area (Å²) in [7, 11) is 1.93. The molecule has 0 bridgehead atoms. The van der Waals surface area contributed by atoms with Crippen LogP contribution in [0.3, 0.4) is 0 Å². The van der Waals surface area contributed by atoms with E-state index in [9.17, 15) is 18.0 Å². The molecule has 0 aromatic heterocycles. The molecule has 2 N–H and O–H groups in total. The second-order valence-electron chi connectivity index (χ2n) is 5.57. The molecule has 22 heavy (non-hydrogen) atoms. The van der Waals surface area contributed by atoms with E-state index in [1.165, 1.54) is 18.2 Å². The van der Waals surface area contributed by atoms with Crippen molar-refractivity contribution >= 4 is 5.91 Å². The number of hydrogen-bond donors (Lipinski definition) is 1. The van der Waals surface area contributed by atoms with Gasteiger partial charge in [-0.2, -0.15) is 13.2 Å². The van der Waals surface area contributed by atoms with Crippen LogP contribution in [0.1, 0.15) is 11.1 Å². The Kier molecular flexibility index (Phi) is 5.08. The van der Waals surface area contributed by atoms with Crippen molar-refractivity contribution in [2.45, 2.75) is 18.6 Å². The van der Waals surface area contributed by atoms with E-state index in [1.54, 1.807) is 4.90 Å². The molecule has 0 spiro atoms. The van der Waals surface area contributed by atoms with Crippen LogP contribution in [0.15, 0.2) is 24.3 Å². The van der Waals surface area contributed by atoms with E-state index < -0.39 is 11.7 Å². The fourth-order valence-corrected chi connectivity index (χ4v) is 2.76. The topological polar surface area (TPSA) is 49.6 Å². The number of piperazine rings is 1. The van der Waals surface area contributed by atoms with Gasteiger partial charge in [0.05, 0.1) is 18.0 Å². The highest BCUT2D eigenvalue weighted by molar-refractivity contribution is 5.79. The van der Waals surface area contributed by atoms with Crippen molar-refractivity contribution in [3.63, 3.8) is 0 Å². The number of nitrogens with two attached hydrogens (primary N) is 1. The molecule has 1 aromatic rings. The SMILES string of the molecule is CN1CCN(C(=O)Cc2ccccc2C(F)(F)F)C(CN)C1. The lowest BCUT2D eigenvalue weighted by Gasteiger charge is -2.39. The third-order valence-electron chi connectivity index (χ3n) is 3.94. The summed E-state index contributed by atoms with van der Waals surface area (Å²) < 4.78 is 39.0. The van der Waals surface area contributed by atoms with Gasteiger partial charge in [-0.3, -0.25) is 4.79 Å². The Labute approximate surface area is 127 Å². The molecule has 0 aliphatic carbocycles. The predicted molar refractivity (Wildman–Crippen MR) is 77.2 cm³/mol. The van der Waals surface area contributed by atoms with Crippen LogP contribution in [0, 0.1) is 0 Å². The molecule has 1 aromatic carbocycles. The van der Waals surface area contributed by atoms with E-state index in [-0.39, 0.29) is 23.9 Å². The average molecular weight is 315 g/mol. The number of hydrogen-bond acceptors (Lipinski definition) is 3. The molecule has 7 heteroatoms. The number of benzene rings is 1. The smallest absolute Gasteiger partial charge is 0.336 e. The van der Waals surface area contributed by atoms with Crippen LogP contribution in [0.4, 0.5) is 13.2 Å². The fraction of sp³-hybridized carbons (Fsp3) is 0.533. The molecule has 1 aliphatic rings. The first-order valence-corrected chi connectivity index (χ1v) is 7.16. The van der Waals surface area contributed by atoms with Gasteiger partial charge in [-0.1, -0.05) is 18.2 Å². The van der Waals surface area contributed by atoms with Crippen molar-refractivity contribution < 1.29 is 18.0 Å². The fourth-order valence-electron chi connectivity index (χ4n) is 2.76. The van der Waals surface area contributed by atoms with Crippen molar-refractivity contribution in [3.05, 3.63) is 35.4 Å². The highest BCUT2D eigenvalue weighted by Crippen LogP contribution is 2.32. The molecule has 1 fully saturated rings. The Balaban J connectivity index is 2.15. The van der Waals surface area contributed by atoms with Gasteiger partial charge in [-0.25, -0.2) is 0 Å². The first-order valence-electron chi connectivity index (χ1n) is 7.16. The lowest BCUT2D eigenvalue weighted by atomic mass is 10.0. The number of nitrogens with zero attached hydrogens (tertiary/aromatic N) is 2. The summed E-state index contributed by atoms with van der Waals surface area (Å²) in [6.07, 6.45) is -4.71. The third-order valence-corrected chi connectivity index (χ3v) is 3.94. The standard InChI is InChI=1S/C15H20F3N3O/c1-20-6-7-21(12(9-19)10-20)14(22)8-11-4-2-3-5-13(11)15(16,17)18/h2-5,12H,6-10,19H2,1H3. The van der Waals surface area contributed by atoms with Crippen LogP contribution in [-0.2, 0) is 17.4 Å². The van der Waals surface area contributed by atoms with Gasteiger partial charge >= 0.3 is 6.18 Å². The van der Waals surface area contributed by atoms with Gasteiger partial charge in [0.25, 0.3) is 0 Å². The highest BCUT2D eigenvalue weighted by atomic mass is 19.4. The molecule has 1 unspecified atom stereocenters. The van der Waals surface area contributed by atoms with Crippen molar-refractivity contribution in [2.75, 3.05) is 33.2 Å². The molecule has 0 radical (unpaired) electrons. The maximum atomic E-state index is 13.0. The molecule has 2 rings (SSSR count). The molecule has 122 valence electrons. The maximum Gasteiger partial charge on any atom is 0.416 e. The van der Waals surface area contributed by atoms with Crippen LogP contribution in [0.25, 0.3) is 0 Å². The number of likely N-dealkylation sites (N-methyl/N-ethyl adjacent to an activating group) is 1. The summed E-state index contributed by atoms with van der Waals surface area (Å²) in [5.41, 5.74) is 4.95. The normalized spacial score (nSPS) is 20.2. The minimum absolute atomic E-state index is 0.00898. The largest absolute Gasteiger partial charge is 0.416 e. The molecule has 1 amide bonds. The molecule has 1 heterocycles. The third kappa shape index (κ3) is 3.78. The molecule has 1 aliphatic heterocycles. The van der Waals surface area contributed by atoms with Crippen LogP contribution >= 0.6 is 0 Å². The van der Waals surface area contributed by atoms with Crippen molar-refractivity contribution in [1.82, 2.24) is 9.80 Å². The molecule has 1 atom stereocenters. The number of halogens is 3. The molecular formula is C15H20F3N3O. The van der Waals surface area contributed by atoms with E-state index in [0.29, 0.717) is 26.2 Å². The summed E-state index contributed by atoms with van der Waals surface area (Å²) in [4.78, 5) is 16.1. The van der Waals surface area contributed by atoms with Gasteiger partial charge < -0.3 is 15.5 Å². The maximum absolute atomic E-state index is 13.0. The molecule has 4 nitrogen and oxygen atoms in total. The van der Waals surface area contributed by atoms with E-state index in [1.807, 2.05) is 7.05 Å². The Morgan fingerprint density at radius 1 is 1.32 bits per heavy atom. The van der Waals surface area contributed by atoms with Gasteiger partial charge in [0.15, 0.2) is 0 Å². The van der Waals surface area contributed by atoms with Gasteiger partial charge in [0, 0.05) is 26.2 Å². The minimum Gasteiger partial charge on any atom is -0.336 e. The Morgan fingerprint density at radius 2 is 2.00 bits per heavy atom. The van der Waals surface area contributed by atoms with Crippen molar-refractivity contribution in [1.29, 1.82) is 0 Å². The van der Waals surface area contributed by atoms with Crippen LogP contribution in [-0.4, -0.2) is 55.0 Å². The Morgan fingerprint density at radius 3 is 2.64 bits per heavy atom. The van der Waals surface area contributed by atoms with E-state index in [0.717, 1.165) is 6.07 Å². The number of carbonyl (C=O) groups is 1. The zero-order valence-electron chi connectivity index (χ0n) is 12.4. The summed E-state index contributed by atoms with van der Waals surface area (Å²) in [6.45, 7) is 2.13. The summed E-state index contributed by atoms with van der Waals surface area (Å²) in [5, 5.41) is 0. The lowest BCUT2D eigenvalue weighted by molar-refractivity contribution is -0.139. The first-order chi connectivity index (χ1) is 10.3. The zero-order valence-corrected chi connectivity index (χ0v) is 12.4. The number of carbonyl (C=O) groups excluding carboxylic acids is 1. The number of rotatable bonds is 3. The Bertz CT molecular complexity index is 533. The molecule has 1 saturated heterocycles. The highest BCUT2D eigenvalue weighted by Gasteiger charge is 2.34. The van der Waals surface area contributed by atoms with Gasteiger partial charge in [0.1, 0.15) is 0 Å². The average Bonchev–Trinajstić information content (AvgIpc) is 2.46. The van der Waals surface area contributed by atoms with Gasteiger partial charge in [-0.15, -0.1) is 0 Å². The quantitative estimate of drug-likeness (QED) is 0.916. The molecule has 0 saturated carbocycles. The van der Waals surface area contributed by atoms with Crippen LogP contribution in [0.2, 0.25) is 0 Å². The Hall–Kier alpha value is -1.60. The van der Waals surface area contributed by atoms with Crippen LogP contribution < -0.4 is 5.73 Å². The minimum atomic E-state index is -4.45. The number of amides is 1. The second-order valence-corrected chi connectivity index (χ2v) is 5.57. The van der Waals surface area contributed by atoms with Crippen molar-refractivity contribution in [3.8, 4) is 0 Å². The second kappa shape index (κ2) is 6.66. The predicted octanol–water partition coefficient (Wildman–Crippen LogP) is 1.35. The van der Waals surface area contributed by atoms with E-state index >= 15 is 0 Å². The first kappa shape index (κ1) is 16.8. The van der Waals surface area contributed by atoms with Gasteiger partial charge in [0.2, 0.25) is 5.91 Å². The molecular weight excluding hydrogens is 295 g/mol.